The zero-order valence-electron chi connectivity index (χ0n) is 22.7. The van der Waals surface area contributed by atoms with Crippen molar-refractivity contribution < 1.29 is 0 Å². The number of fused-ring (bicyclic) bond motifs is 11. The highest BCUT2D eigenvalue weighted by molar-refractivity contribution is 7.27. The zero-order chi connectivity index (χ0) is 28.7. The molecule has 0 spiro atoms. The van der Waals surface area contributed by atoms with E-state index in [0.29, 0.717) is 11.3 Å². The second kappa shape index (κ2) is 8.81. The average molecular weight is 565 g/mol. The molecule has 0 aliphatic rings. The largest absolute Gasteiger partial charge is 0.309 e. The van der Waals surface area contributed by atoms with Gasteiger partial charge >= 0.3 is 0 Å². The maximum Gasteiger partial charge on any atom is 0.204 e. The standard InChI is InChI=1S/C38H20N4S/c1-40-30-18-15-25(21-23(30)22-39)42-32-14-8-6-12-29(32)36-34(42)20-17-27-26-16-19-33-35(37(26)43-38(27)36)28-11-5-7-13-31(28)41(33)24-9-3-2-4-10-24/h2-21H. The minimum Gasteiger partial charge on any atom is -0.309 e. The van der Waals surface area contributed by atoms with Crippen molar-refractivity contribution in [3.63, 3.8) is 0 Å². The molecule has 0 unspecified atom stereocenters. The van der Waals surface area contributed by atoms with Gasteiger partial charge in [0.2, 0.25) is 5.69 Å². The van der Waals surface area contributed by atoms with E-state index >= 15 is 0 Å². The van der Waals surface area contributed by atoms with Crippen LogP contribution in [0.4, 0.5) is 5.69 Å². The Morgan fingerprint density at radius 2 is 1.12 bits per heavy atom. The van der Waals surface area contributed by atoms with Crippen molar-refractivity contribution in [1.29, 1.82) is 5.26 Å². The second-order valence-electron chi connectivity index (χ2n) is 10.7. The van der Waals surface area contributed by atoms with Gasteiger partial charge in [0.15, 0.2) is 0 Å². The van der Waals surface area contributed by atoms with Gasteiger partial charge in [-0.15, -0.1) is 11.3 Å². The molecule has 6 aromatic carbocycles. The smallest absolute Gasteiger partial charge is 0.204 e. The molecule has 0 aliphatic carbocycles. The van der Waals surface area contributed by atoms with Gasteiger partial charge in [-0.05, 0) is 48.5 Å². The molecule has 4 nitrogen and oxygen atoms in total. The summed E-state index contributed by atoms with van der Waals surface area (Å²) in [6, 6.07) is 44.5. The molecule has 0 bridgehead atoms. The fraction of sp³-hybridized carbons (Fsp3) is 0. The molecule has 5 heteroatoms. The van der Waals surface area contributed by atoms with Crippen LogP contribution in [0.5, 0.6) is 0 Å². The van der Waals surface area contributed by atoms with Crippen LogP contribution in [-0.4, -0.2) is 9.13 Å². The molecule has 0 saturated carbocycles. The Morgan fingerprint density at radius 1 is 0.558 bits per heavy atom. The zero-order valence-corrected chi connectivity index (χ0v) is 23.6. The van der Waals surface area contributed by atoms with Crippen LogP contribution >= 0.6 is 11.3 Å². The molecule has 3 heterocycles. The normalized spacial score (nSPS) is 11.7. The van der Waals surface area contributed by atoms with Crippen LogP contribution in [0, 0.1) is 17.9 Å². The number of aromatic nitrogens is 2. The van der Waals surface area contributed by atoms with Gasteiger partial charge in [0, 0.05) is 53.1 Å². The van der Waals surface area contributed by atoms with E-state index in [-0.39, 0.29) is 0 Å². The molecule has 0 fully saturated rings. The van der Waals surface area contributed by atoms with Crippen molar-refractivity contribution in [1.82, 2.24) is 9.13 Å². The number of thiophene rings is 1. The van der Waals surface area contributed by atoms with Gasteiger partial charge in [-0.3, -0.25) is 0 Å². The third-order valence-electron chi connectivity index (χ3n) is 8.57. The van der Waals surface area contributed by atoms with E-state index in [1.807, 2.05) is 23.5 Å². The van der Waals surface area contributed by atoms with Gasteiger partial charge in [0.05, 0.1) is 40.3 Å². The van der Waals surface area contributed by atoms with Crippen molar-refractivity contribution in [2.24, 2.45) is 0 Å². The fourth-order valence-corrected chi connectivity index (χ4v) is 8.19. The van der Waals surface area contributed by atoms with Gasteiger partial charge < -0.3 is 9.13 Å². The maximum absolute atomic E-state index is 9.75. The molecule has 43 heavy (non-hydrogen) atoms. The summed E-state index contributed by atoms with van der Waals surface area (Å²) in [4.78, 5) is 3.54. The lowest BCUT2D eigenvalue weighted by molar-refractivity contribution is 1.18. The number of para-hydroxylation sites is 3. The summed E-state index contributed by atoms with van der Waals surface area (Å²) >= 11 is 1.86. The third kappa shape index (κ3) is 3.17. The van der Waals surface area contributed by atoms with E-state index in [9.17, 15) is 5.26 Å². The van der Waals surface area contributed by atoms with Crippen LogP contribution in [-0.2, 0) is 0 Å². The highest BCUT2D eigenvalue weighted by Crippen LogP contribution is 2.47. The molecular formula is C38H20N4S. The number of nitrogens with zero attached hydrogens (tertiary/aromatic N) is 4. The third-order valence-corrected chi connectivity index (χ3v) is 9.83. The van der Waals surface area contributed by atoms with Crippen LogP contribution < -0.4 is 0 Å². The van der Waals surface area contributed by atoms with Gasteiger partial charge in [-0.1, -0.05) is 72.8 Å². The van der Waals surface area contributed by atoms with Crippen molar-refractivity contribution in [3.8, 4) is 17.4 Å². The first-order valence-corrected chi connectivity index (χ1v) is 14.9. The molecule has 0 saturated heterocycles. The van der Waals surface area contributed by atoms with E-state index in [0.717, 1.165) is 22.4 Å². The SMILES string of the molecule is [C-]#[N+]c1ccc(-n2c3ccccc3c3c4sc5c(ccc6c5c5ccccc5n6-c5ccccc5)c4ccc32)cc1C#N. The quantitative estimate of drug-likeness (QED) is 0.192. The molecule has 9 rings (SSSR count). The summed E-state index contributed by atoms with van der Waals surface area (Å²) in [6.07, 6.45) is 0. The van der Waals surface area contributed by atoms with Gasteiger partial charge in [0.1, 0.15) is 0 Å². The number of hydrogen-bond acceptors (Lipinski definition) is 2. The summed E-state index contributed by atoms with van der Waals surface area (Å²) < 4.78 is 7.14. The average Bonchev–Trinajstić information content (AvgIpc) is 3.72. The molecule has 0 aliphatic heterocycles. The maximum atomic E-state index is 9.75. The minimum absolute atomic E-state index is 0.373. The van der Waals surface area contributed by atoms with E-state index in [4.69, 9.17) is 6.57 Å². The number of benzene rings is 6. The summed E-state index contributed by atoms with van der Waals surface area (Å²) in [7, 11) is 0. The molecule has 0 N–H and O–H groups in total. The van der Waals surface area contributed by atoms with E-state index in [1.165, 1.54) is 52.8 Å². The highest BCUT2D eigenvalue weighted by Gasteiger charge is 2.21. The molecule has 0 atom stereocenters. The van der Waals surface area contributed by atoms with Crippen LogP contribution in [0.15, 0.2) is 121 Å². The highest BCUT2D eigenvalue weighted by atomic mass is 32.1. The first kappa shape index (κ1) is 23.8. The predicted octanol–water partition coefficient (Wildman–Crippen LogP) is 10.7. The summed E-state index contributed by atoms with van der Waals surface area (Å²) in [5.41, 5.74) is 7.36. The van der Waals surface area contributed by atoms with Crippen LogP contribution in [0.1, 0.15) is 5.56 Å². The first-order valence-electron chi connectivity index (χ1n) is 14.0. The molecular weight excluding hydrogens is 545 g/mol. The van der Waals surface area contributed by atoms with Crippen LogP contribution in [0.2, 0.25) is 0 Å². The number of hydrogen-bond donors (Lipinski definition) is 0. The van der Waals surface area contributed by atoms with Gasteiger partial charge in [0.25, 0.3) is 0 Å². The van der Waals surface area contributed by atoms with E-state index < -0.39 is 0 Å². The molecule has 198 valence electrons. The predicted molar refractivity (Wildman–Crippen MR) is 179 cm³/mol. The first-order chi connectivity index (χ1) is 21.3. The second-order valence-corrected chi connectivity index (χ2v) is 11.8. The monoisotopic (exact) mass is 564 g/mol. The Kier molecular flexibility index (Phi) is 4.87. The lowest BCUT2D eigenvalue weighted by atomic mass is 10.1. The van der Waals surface area contributed by atoms with Crippen molar-refractivity contribution in [3.05, 3.63) is 138 Å². The Morgan fingerprint density at radius 3 is 1.70 bits per heavy atom. The van der Waals surface area contributed by atoms with Crippen LogP contribution in [0.25, 0.3) is 80.0 Å². The van der Waals surface area contributed by atoms with Gasteiger partial charge in [-0.2, -0.15) is 5.26 Å². The molecule has 0 amide bonds. The molecule has 9 aromatic rings. The van der Waals surface area contributed by atoms with Crippen molar-refractivity contribution >= 4 is 80.8 Å². The lowest BCUT2D eigenvalue weighted by Gasteiger charge is -2.09. The molecule has 3 aromatic heterocycles. The van der Waals surface area contributed by atoms with Crippen molar-refractivity contribution in [2.45, 2.75) is 0 Å². The Balaban J connectivity index is 1.42. The number of nitriles is 1. The fourth-order valence-electron chi connectivity index (χ4n) is 6.78. The Bertz CT molecular complexity index is 2690. The topological polar surface area (TPSA) is 38.0 Å². The van der Waals surface area contributed by atoms with Gasteiger partial charge in [-0.25, -0.2) is 4.85 Å². The summed E-state index contributed by atoms with van der Waals surface area (Å²) in [5, 5.41) is 17.2. The van der Waals surface area contributed by atoms with E-state index in [2.05, 4.69) is 123 Å². The lowest BCUT2D eigenvalue weighted by Crippen LogP contribution is -1.94. The minimum atomic E-state index is 0.373. The Hall–Kier alpha value is -5.88. The number of rotatable bonds is 2. The Labute approximate surface area is 250 Å². The summed E-state index contributed by atoms with van der Waals surface area (Å²) in [5.74, 6) is 0. The van der Waals surface area contributed by atoms with E-state index in [1.54, 1.807) is 6.07 Å². The summed E-state index contributed by atoms with van der Waals surface area (Å²) in [6.45, 7) is 7.46. The molecule has 0 radical (unpaired) electrons. The van der Waals surface area contributed by atoms with Crippen molar-refractivity contribution in [2.75, 3.05) is 0 Å². The van der Waals surface area contributed by atoms with Crippen LogP contribution in [0.3, 0.4) is 0 Å².